The Morgan fingerprint density at radius 2 is 1.45 bits per heavy atom. The number of carbonyl (C=O) groups is 3. The molecule has 0 bridgehead atoms. The molecule has 0 saturated heterocycles. The van der Waals surface area contributed by atoms with Crippen molar-refractivity contribution in [1.82, 2.24) is 0 Å². The molecule has 0 spiro atoms. The van der Waals surface area contributed by atoms with E-state index in [0.29, 0.717) is 11.4 Å². The van der Waals surface area contributed by atoms with Gasteiger partial charge in [-0.05, 0) is 48.5 Å². The number of ether oxygens (including phenoxy) is 1. The lowest BCUT2D eigenvalue weighted by molar-refractivity contribution is -0.119. The number of amides is 2. The van der Waals surface area contributed by atoms with Gasteiger partial charge in [0, 0.05) is 18.3 Å². The van der Waals surface area contributed by atoms with Crippen LogP contribution in [0.15, 0.2) is 53.4 Å². The van der Waals surface area contributed by atoms with Gasteiger partial charge in [0.2, 0.25) is 15.7 Å². The van der Waals surface area contributed by atoms with Crippen LogP contribution in [-0.2, 0) is 24.2 Å². The molecular weight excluding hydrogens is 410 g/mol. The highest BCUT2D eigenvalue weighted by Crippen LogP contribution is 2.19. The average molecular weight is 426 g/mol. The molecule has 0 unspecified atom stereocenters. The van der Waals surface area contributed by atoms with Crippen molar-refractivity contribution in [2.45, 2.75) is 17.6 Å². The molecule has 0 aromatic heterocycles. The lowest BCUT2D eigenvalue weighted by Crippen LogP contribution is -2.21. The monoisotopic (exact) mass is 426 g/mol. The molecule has 2 N–H and O–H groups in total. The standard InChI is InChI=1S/C18H16F2N2O6S/c1-11(23)21-13-4-6-14(7-5-13)22-16(24)10-28-17(25)12-2-8-15(9-3-12)29(26,27)18(19)20/h2-9,18H,10H2,1H3,(H,21,23)(H,22,24). The Kier molecular flexibility index (Phi) is 6.99. The average Bonchev–Trinajstić information content (AvgIpc) is 2.67. The number of halogens is 2. The van der Waals surface area contributed by atoms with Gasteiger partial charge in [0.05, 0.1) is 10.5 Å². The molecule has 0 heterocycles. The highest BCUT2D eigenvalue weighted by molar-refractivity contribution is 7.91. The van der Waals surface area contributed by atoms with Crippen LogP contribution in [0.3, 0.4) is 0 Å². The third kappa shape index (κ3) is 6.07. The Morgan fingerprint density at radius 3 is 1.93 bits per heavy atom. The third-order valence-corrected chi connectivity index (χ3v) is 4.87. The summed E-state index contributed by atoms with van der Waals surface area (Å²) >= 11 is 0. The van der Waals surface area contributed by atoms with Crippen LogP contribution in [0.2, 0.25) is 0 Å². The molecule has 2 amide bonds. The molecule has 0 saturated carbocycles. The van der Waals surface area contributed by atoms with E-state index in [2.05, 4.69) is 10.6 Å². The lowest BCUT2D eigenvalue weighted by Gasteiger charge is -2.08. The van der Waals surface area contributed by atoms with Crippen LogP contribution in [0.25, 0.3) is 0 Å². The first-order chi connectivity index (χ1) is 13.6. The van der Waals surface area contributed by atoms with Gasteiger partial charge in [-0.2, -0.15) is 8.78 Å². The van der Waals surface area contributed by atoms with E-state index < -0.39 is 39.0 Å². The number of esters is 1. The first-order valence-corrected chi connectivity index (χ1v) is 9.61. The van der Waals surface area contributed by atoms with Crippen molar-refractivity contribution >= 4 is 39.0 Å². The maximum Gasteiger partial charge on any atom is 0.341 e. The number of carbonyl (C=O) groups excluding carboxylic acids is 3. The fourth-order valence-corrected chi connectivity index (χ4v) is 2.86. The number of alkyl halides is 2. The SMILES string of the molecule is CC(=O)Nc1ccc(NC(=O)COC(=O)c2ccc(S(=O)(=O)C(F)F)cc2)cc1. The van der Waals surface area contributed by atoms with Gasteiger partial charge in [-0.15, -0.1) is 0 Å². The molecule has 2 rings (SSSR count). The summed E-state index contributed by atoms with van der Waals surface area (Å²) in [5, 5.41) is 5.04. The normalized spacial score (nSPS) is 11.0. The van der Waals surface area contributed by atoms with Crippen molar-refractivity contribution < 1.29 is 36.3 Å². The third-order valence-electron chi connectivity index (χ3n) is 3.48. The van der Waals surface area contributed by atoms with E-state index in [0.717, 1.165) is 24.3 Å². The smallest absolute Gasteiger partial charge is 0.341 e. The molecular formula is C18H16F2N2O6S. The predicted octanol–water partition coefficient (Wildman–Crippen LogP) is 2.44. The molecule has 0 radical (unpaired) electrons. The first-order valence-electron chi connectivity index (χ1n) is 8.06. The fraction of sp³-hybridized carbons (Fsp3) is 0.167. The number of anilines is 2. The van der Waals surface area contributed by atoms with Crippen molar-refractivity contribution in [3.05, 3.63) is 54.1 Å². The van der Waals surface area contributed by atoms with Gasteiger partial charge in [-0.25, -0.2) is 13.2 Å². The molecule has 0 aliphatic carbocycles. The van der Waals surface area contributed by atoms with Gasteiger partial charge in [0.15, 0.2) is 6.61 Å². The summed E-state index contributed by atoms with van der Waals surface area (Å²) in [6, 6.07) is 9.94. The Balaban J connectivity index is 1.90. The molecule has 2 aromatic carbocycles. The van der Waals surface area contributed by atoms with Crippen LogP contribution in [0, 0.1) is 0 Å². The number of nitrogens with one attached hydrogen (secondary N) is 2. The summed E-state index contributed by atoms with van der Waals surface area (Å²) in [6.07, 6.45) is 0. The molecule has 0 aliphatic heterocycles. The minimum absolute atomic E-state index is 0.106. The van der Waals surface area contributed by atoms with Gasteiger partial charge in [0.1, 0.15) is 0 Å². The summed E-state index contributed by atoms with van der Waals surface area (Å²) in [6.45, 7) is 0.735. The molecule has 29 heavy (non-hydrogen) atoms. The quantitative estimate of drug-likeness (QED) is 0.657. The highest BCUT2D eigenvalue weighted by atomic mass is 32.2. The Morgan fingerprint density at radius 1 is 0.931 bits per heavy atom. The Hall–Kier alpha value is -3.34. The van der Waals surface area contributed by atoms with E-state index in [1.807, 2.05) is 0 Å². The van der Waals surface area contributed by atoms with Crippen LogP contribution >= 0.6 is 0 Å². The maximum atomic E-state index is 12.5. The minimum atomic E-state index is -4.76. The summed E-state index contributed by atoms with van der Waals surface area (Å²) in [4.78, 5) is 34.1. The Bertz CT molecular complexity index is 1010. The zero-order chi connectivity index (χ0) is 21.6. The molecule has 0 atom stereocenters. The maximum absolute atomic E-state index is 12.5. The van der Waals surface area contributed by atoms with Crippen molar-refractivity contribution in [1.29, 1.82) is 0 Å². The van der Waals surface area contributed by atoms with Crippen molar-refractivity contribution in [3.8, 4) is 0 Å². The van der Waals surface area contributed by atoms with E-state index in [9.17, 15) is 31.6 Å². The second-order valence-electron chi connectivity index (χ2n) is 5.71. The van der Waals surface area contributed by atoms with E-state index in [4.69, 9.17) is 4.74 Å². The second-order valence-corrected chi connectivity index (χ2v) is 7.63. The van der Waals surface area contributed by atoms with Crippen LogP contribution < -0.4 is 10.6 Å². The van der Waals surface area contributed by atoms with Crippen molar-refractivity contribution in [3.63, 3.8) is 0 Å². The fourth-order valence-electron chi connectivity index (χ4n) is 2.14. The van der Waals surface area contributed by atoms with E-state index >= 15 is 0 Å². The summed E-state index contributed by atoms with van der Waals surface area (Å²) in [7, 11) is -4.76. The number of hydrogen-bond acceptors (Lipinski definition) is 6. The number of sulfone groups is 1. The Labute approximate surface area is 164 Å². The van der Waals surface area contributed by atoms with Crippen LogP contribution in [-0.4, -0.2) is 38.6 Å². The van der Waals surface area contributed by atoms with Gasteiger partial charge < -0.3 is 15.4 Å². The van der Waals surface area contributed by atoms with Crippen molar-refractivity contribution in [2.24, 2.45) is 0 Å². The molecule has 2 aromatic rings. The zero-order valence-corrected chi connectivity index (χ0v) is 15.8. The van der Waals surface area contributed by atoms with Gasteiger partial charge in [-0.1, -0.05) is 0 Å². The molecule has 0 fully saturated rings. The summed E-state index contributed by atoms with van der Waals surface area (Å²) in [5.41, 5.74) is 0.839. The summed E-state index contributed by atoms with van der Waals surface area (Å²) in [5.74, 6) is -5.38. The molecule has 154 valence electrons. The lowest BCUT2D eigenvalue weighted by atomic mass is 10.2. The number of hydrogen-bond donors (Lipinski definition) is 2. The first kappa shape index (κ1) is 22.0. The van der Waals surface area contributed by atoms with Crippen LogP contribution in [0.4, 0.5) is 20.2 Å². The second kappa shape index (κ2) is 9.24. The van der Waals surface area contributed by atoms with Crippen LogP contribution in [0.1, 0.15) is 17.3 Å². The summed E-state index contributed by atoms with van der Waals surface area (Å²) < 4.78 is 52.4. The molecule has 0 aliphatic rings. The zero-order valence-electron chi connectivity index (χ0n) is 15.0. The minimum Gasteiger partial charge on any atom is -0.452 e. The van der Waals surface area contributed by atoms with E-state index in [1.165, 1.54) is 19.1 Å². The molecule has 8 nitrogen and oxygen atoms in total. The number of benzene rings is 2. The van der Waals surface area contributed by atoms with E-state index in [1.54, 1.807) is 12.1 Å². The largest absolute Gasteiger partial charge is 0.452 e. The van der Waals surface area contributed by atoms with Crippen LogP contribution in [0.5, 0.6) is 0 Å². The molecule has 11 heteroatoms. The highest BCUT2D eigenvalue weighted by Gasteiger charge is 2.26. The van der Waals surface area contributed by atoms with Crippen molar-refractivity contribution in [2.75, 3.05) is 17.2 Å². The van der Waals surface area contributed by atoms with E-state index in [-0.39, 0.29) is 11.5 Å². The van der Waals surface area contributed by atoms with Gasteiger partial charge in [-0.3, -0.25) is 9.59 Å². The topological polar surface area (TPSA) is 119 Å². The van der Waals surface area contributed by atoms with Gasteiger partial charge >= 0.3 is 11.7 Å². The number of rotatable bonds is 7. The van der Waals surface area contributed by atoms with Gasteiger partial charge in [0.25, 0.3) is 5.91 Å². The predicted molar refractivity (Wildman–Crippen MR) is 99.3 cm³/mol.